The van der Waals surface area contributed by atoms with Crippen LogP contribution >= 0.6 is 11.8 Å². The van der Waals surface area contributed by atoms with E-state index in [0.717, 1.165) is 11.0 Å². The Hall–Kier alpha value is -2.65. The van der Waals surface area contributed by atoms with Gasteiger partial charge in [-0.3, -0.25) is 15.1 Å². The molecule has 2 saturated heterocycles. The summed E-state index contributed by atoms with van der Waals surface area (Å²) in [5.41, 5.74) is -1.44. The van der Waals surface area contributed by atoms with Crippen LogP contribution in [-0.4, -0.2) is 106 Å². The molecule has 2 aliphatic rings. The molecule has 1 aromatic carbocycles. The molecule has 2 unspecified atom stereocenters. The molecule has 2 aromatic rings. The van der Waals surface area contributed by atoms with E-state index in [4.69, 9.17) is 5.41 Å². The Morgan fingerprint density at radius 1 is 1.29 bits per heavy atom. The number of aryl methyl sites for hydroxylation is 1. The van der Waals surface area contributed by atoms with Gasteiger partial charge in [0.2, 0.25) is 5.91 Å². The normalized spacial score (nSPS) is 20.1. The molecule has 0 bridgehead atoms. The molecular weight excluding hydrogens is 533 g/mol. The van der Waals surface area contributed by atoms with E-state index in [1.54, 1.807) is 6.92 Å². The third-order valence-electron chi connectivity index (χ3n) is 6.70. The minimum absolute atomic E-state index is 0.00230. The third-order valence-corrected chi connectivity index (χ3v) is 7.52. The van der Waals surface area contributed by atoms with Crippen LogP contribution in [0.25, 0.3) is 10.9 Å². The van der Waals surface area contributed by atoms with Crippen molar-refractivity contribution < 1.29 is 31.9 Å². The van der Waals surface area contributed by atoms with Crippen molar-refractivity contribution in [2.75, 3.05) is 56.1 Å². The lowest BCUT2D eigenvalue weighted by Crippen LogP contribution is -2.62. The minimum atomic E-state index is -4.66. The lowest BCUT2D eigenvalue weighted by atomic mass is 10.1. The molecule has 2 atom stereocenters. The van der Waals surface area contributed by atoms with Crippen LogP contribution in [0, 0.1) is 11.2 Å². The number of β-amino-alcohol motifs (C(OH)–C–C–N with tert-alkyl or cyclic N) is 1. The van der Waals surface area contributed by atoms with Crippen molar-refractivity contribution in [2.45, 2.75) is 44.2 Å². The highest BCUT2D eigenvalue weighted by Gasteiger charge is 2.47. The number of carbonyl (C=O) groups excluding carboxylic acids is 1. The van der Waals surface area contributed by atoms with Gasteiger partial charge in [0, 0.05) is 57.4 Å². The average Bonchev–Trinajstić information content (AvgIpc) is 3.19. The first-order chi connectivity index (χ1) is 17.8. The first-order valence-electron chi connectivity index (χ1n) is 12.1. The van der Waals surface area contributed by atoms with Gasteiger partial charge in [-0.25, -0.2) is 13.5 Å². The molecule has 0 aliphatic carbocycles. The lowest BCUT2D eigenvalue weighted by Gasteiger charge is -2.44. The Morgan fingerprint density at radius 3 is 2.55 bits per heavy atom. The van der Waals surface area contributed by atoms with Gasteiger partial charge in [-0.1, -0.05) is 11.8 Å². The quantitative estimate of drug-likeness (QED) is 0.317. The van der Waals surface area contributed by atoms with Crippen molar-refractivity contribution in [1.29, 1.82) is 5.41 Å². The first kappa shape index (κ1) is 28.4. The van der Waals surface area contributed by atoms with Crippen molar-refractivity contribution in [2.24, 2.45) is 0 Å². The smallest absolute Gasteiger partial charge is 0.389 e. The largest absolute Gasteiger partial charge is 0.409 e. The Kier molecular flexibility index (Phi) is 8.09. The number of fused-ring (bicyclic) bond motifs is 1. The number of carbonyl (C=O) groups is 1. The van der Waals surface area contributed by atoms with Crippen LogP contribution in [0.2, 0.25) is 0 Å². The number of thioether (sulfide) groups is 1. The molecule has 3 heterocycles. The van der Waals surface area contributed by atoms with Gasteiger partial charge in [0.05, 0.1) is 12.6 Å². The fraction of sp³-hybridized carbons (Fsp3) is 0.609. The number of nitrogens with zero attached hydrogens (tertiary/aromatic N) is 6. The van der Waals surface area contributed by atoms with Gasteiger partial charge in [-0.15, -0.1) is 0 Å². The topological polar surface area (TPSA) is 91.9 Å². The summed E-state index contributed by atoms with van der Waals surface area (Å²) in [5, 5.41) is 21.9. The Balaban J connectivity index is 1.65. The molecule has 1 aromatic heterocycles. The molecule has 38 heavy (non-hydrogen) atoms. The number of nitrogens with one attached hydrogen (secondary N) is 1. The van der Waals surface area contributed by atoms with Crippen molar-refractivity contribution in [1.82, 2.24) is 19.6 Å². The van der Waals surface area contributed by atoms with Gasteiger partial charge in [-0.05, 0) is 26.0 Å². The number of likely N-dealkylation sites (tertiary alicyclic amines) is 1. The number of aliphatic hydroxyl groups excluding tert-OH is 1. The highest BCUT2D eigenvalue weighted by molar-refractivity contribution is 8.14. The fourth-order valence-electron chi connectivity index (χ4n) is 4.76. The number of aliphatic hydroxyl groups is 1. The van der Waals surface area contributed by atoms with Gasteiger partial charge < -0.3 is 19.8 Å². The monoisotopic (exact) mass is 563 g/mol. The summed E-state index contributed by atoms with van der Waals surface area (Å²) < 4.78 is 72.8. The summed E-state index contributed by atoms with van der Waals surface area (Å²) in [7, 11) is 1.50. The molecule has 15 heteroatoms. The Morgan fingerprint density at radius 2 is 1.97 bits per heavy atom. The number of amidine groups is 1. The second kappa shape index (κ2) is 10.8. The van der Waals surface area contributed by atoms with Crippen molar-refractivity contribution in [3.05, 3.63) is 17.9 Å². The highest BCUT2D eigenvalue weighted by atomic mass is 32.2. The van der Waals surface area contributed by atoms with E-state index in [1.165, 1.54) is 39.4 Å². The van der Waals surface area contributed by atoms with Gasteiger partial charge in [0.1, 0.15) is 22.9 Å². The maximum Gasteiger partial charge on any atom is 0.409 e. The van der Waals surface area contributed by atoms with Crippen LogP contribution in [0.4, 0.5) is 33.5 Å². The molecular formula is C23H30F5N7O2S. The molecule has 4 rings (SSSR count). The first-order valence-corrected chi connectivity index (χ1v) is 13.0. The predicted octanol–water partition coefficient (Wildman–Crippen LogP) is 2.87. The van der Waals surface area contributed by atoms with Gasteiger partial charge in [0.15, 0.2) is 11.0 Å². The number of hydrogen-bond acceptors (Lipinski definition) is 7. The molecule has 1 amide bonds. The number of anilines is 2. The zero-order valence-electron chi connectivity index (χ0n) is 21.2. The summed E-state index contributed by atoms with van der Waals surface area (Å²) >= 11 is 0.640. The van der Waals surface area contributed by atoms with E-state index in [9.17, 15) is 27.5 Å². The maximum absolute atomic E-state index is 15.2. The van der Waals surface area contributed by atoms with Crippen LogP contribution in [0.5, 0.6) is 0 Å². The van der Waals surface area contributed by atoms with Crippen LogP contribution in [0.1, 0.15) is 13.8 Å². The Labute approximate surface area is 220 Å². The second-order valence-corrected chi connectivity index (χ2v) is 10.7. The average molecular weight is 564 g/mol. The number of piperazine rings is 1. The van der Waals surface area contributed by atoms with Crippen molar-refractivity contribution in [3.63, 3.8) is 0 Å². The molecule has 2 N–H and O–H groups in total. The number of amides is 1. The summed E-state index contributed by atoms with van der Waals surface area (Å²) in [6, 6.07) is 0.442. The minimum Gasteiger partial charge on any atom is -0.389 e. The lowest BCUT2D eigenvalue weighted by molar-refractivity contribution is -0.160. The fourth-order valence-corrected chi connectivity index (χ4v) is 5.31. The molecule has 0 saturated carbocycles. The Bertz CT molecular complexity index is 1200. The standard InChI is InChI=1S/C23H30F5N7O2S/c1-4-35-21(31(3)22(29)38-13(2)24)16-7-14(8-17(25)20(16)30-35)34-6-5-32(11-18(34)23(26,27)28)12-19(37)33-9-15(36)10-33/h7-8,13,15,18,29,36H,4-6,9-12H2,1-3H3. The van der Waals surface area contributed by atoms with Crippen LogP contribution in [0.15, 0.2) is 12.1 Å². The number of rotatable bonds is 6. The number of halogens is 5. The second-order valence-electron chi connectivity index (χ2n) is 9.43. The highest BCUT2D eigenvalue weighted by Crippen LogP contribution is 2.37. The zero-order chi connectivity index (χ0) is 27.9. The maximum atomic E-state index is 15.2. The molecule has 0 spiro atoms. The summed E-state index contributed by atoms with van der Waals surface area (Å²) in [4.78, 5) is 17.6. The van der Waals surface area contributed by atoms with Gasteiger partial charge in [0.25, 0.3) is 0 Å². The molecule has 9 nitrogen and oxygen atoms in total. The van der Waals surface area contributed by atoms with Crippen molar-refractivity contribution >= 4 is 45.2 Å². The number of hydrogen-bond donors (Lipinski definition) is 2. The SMILES string of the molecule is CCn1nc2c(F)cc(N3CCN(CC(=O)N4CC(O)C4)CC3C(F)(F)F)cc2c1N(C)C(=N)SC(C)F. The number of alkyl halides is 4. The molecule has 0 radical (unpaired) electrons. The van der Waals surface area contributed by atoms with Crippen LogP contribution in [-0.2, 0) is 11.3 Å². The number of aromatic nitrogens is 2. The summed E-state index contributed by atoms with van der Waals surface area (Å²) in [6.07, 6.45) is -5.27. The number of benzene rings is 1. The molecule has 210 valence electrons. The third kappa shape index (κ3) is 5.69. The van der Waals surface area contributed by atoms with Crippen LogP contribution < -0.4 is 9.80 Å². The molecule has 2 aliphatic heterocycles. The van der Waals surface area contributed by atoms with E-state index in [0.29, 0.717) is 11.8 Å². The molecule has 2 fully saturated rings. The summed E-state index contributed by atoms with van der Waals surface area (Å²) in [6.45, 7) is 3.00. The summed E-state index contributed by atoms with van der Waals surface area (Å²) in [5.74, 6) is -0.891. The van der Waals surface area contributed by atoms with Crippen molar-refractivity contribution in [3.8, 4) is 0 Å². The van der Waals surface area contributed by atoms with Gasteiger partial charge in [-0.2, -0.15) is 18.3 Å². The van der Waals surface area contributed by atoms with E-state index in [1.807, 2.05) is 0 Å². The predicted molar refractivity (Wildman–Crippen MR) is 136 cm³/mol. The van der Waals surface area contributed by atoms with E-state index in [2.05, 4.69) is 5.10 Å². The van der Waals surface area contributed by atoms with E-state index in [-0.39, 0.29) is 72.8 Å². The van der Waals surface area contributed by atoms with Crippen LogP contribution in [0.3, 0.4) is 0 Å². The van der Waals surface area contributed by atoms with E-state index < -0.39 is 36.2 Å². The van der Waals surface area contributed by atoms with Gasteiger partial charge >= 0.3 is 6.18 Å². The van der Waals surface area contributed by atoms with E-state index >= 15 is 4.39 Å². The zero-order valence-corrected chi connectivity index (χ0v) is 22.0.